The van der Waals surface area contributed by atoms with Crippen molar-refractivity contribution in [1.29, 1.82) is 0 Å². The van der Waals surface area contributed by atoms with E-state index in [-0.39, 0.29) is 0 Å². The summed E-state index contributed by atoms with van der Waals surface area (Å²) in [4.78, 5) is 26.6. The van der Waals surface area contributed by atoms with Crippen LogP contribution in [-0.4, -0.2) is 26.6 Å². The molecule has 0 bridgehead atoms. The van der Waals surface area contributed by atoms with Gasteiger partial charge in [-0.1, -0.05) is 0 Å². The number of H-pyrrole nitrogens is 1. The summed E-state index contributed by atoms with van der Waals surface area (Å²) in [6.45, 7) is 3.90. The van der Waals surface area contributed by atoms with Crippen LogP contribution in [0.2, 0.25) is 0 Å². The van der Waals surface area contributed by atoms with E-state index < -0.39 is 11.8 Å². The number of aromatic nitrogens is 3. The molecule has 7 nitrogen and oxygen atoms in total. The van der Waals surface area contributed by atoms with E-state index >= 15 is 0 Å². The SMILES string of the molecule is Cc1cc(C)n(-c2ccc(C(=O)NNC(=O)c3ccc[nH]3)cc2)n1. The normalized spacial score (nSPS) is 10.4. The Morgan fingerprint density at radius 1 is 1.04 bits per heavy atom. The molecule has 0 aliphatic carbocycles. The average Bonchev–Trinajstić information content (AvgIpc) is 3.22. The molecule has 2 amide bonds. The maximum absolute atomic E-state index is 12.1. The number of hydrogen-bond acceptors (Lipinski definition) is 3. The monoisotopic (exact) mass is 323 g/mol. The van der Waals surface area contributed by atoms with Crippen LogP contribution in [0.1, 0.15) is 32.2 Å². The van der Waals surface area contributed by atoms with Crippen molar-refractivity contribution in [3.05, 3.63) is 71.3 Å². The van der Waals surface area contributed by atoms with Crippen LogP contribution >= 0.6 is 0 Å². The molecular formula is C17H17N5O2. The molecule has 3 aromatic rings. The zero-order valence-corrected chi connectivity index (χ0v) is 13.3. The number of aryl methyl sites for hydroxylation is 2. The van der Waals surface area contributed by atoms with Crippen molar-refractivity contribution < 1.29 is 9.59 Å². The standard InChI is InChI=1S/C17H17N5O2/c1-11-10-12(2)22(21-11)14-7-5-13(6-8-14)16(23)19-20-17(24)15-4-3-9-18-15/h3-10,18H,1-2H3,(H,19,23)(H,20,24). The predicted octanol–water partition coefficient (Wildman–Crippen LogP) is 1.89. The lowest BCUT2D eigenvalue weighted by Crippen LogP contribution is -2.41. The van der Waals surface area contributed by atoms with Crippen molar-refractivity contribution >= 4 is 11.8 Å². The third-order valence-corrected chi connectivity index (χ3v) is 3.52. The number of nitrogens with zero attached hydrogens (tertiary/aromatic N) is 2. The molecule has 0 saturated heterocycles. The molecule has 0 atom stereocenters. The van der Waals surface area contributed by atoms with Crippen LogP contribution in [-0.2, 0) is 0 Å². The lowest BCUT2D eigenvalue weighted by atomic mass is 10.2. The van der Waals surface area contributed by atoms with Crippen LogP contribution in [0.15, 0.2) is 48.7 Å². The van der Waals surface area contributed by atoms with E-state index in [2.05, 4.69) is 20.9 Å². The number of carbonyl (C=O) groups excluding carboxylic acids is 2. The second kappa shape index (κ2) is 6.41. The first-order valence-corrected chi connectivity index (χ1v) is 7.42. The van der Waals surface area contributed by atoms with Crippen LogP contribution in [0.3, 0.4) is 0 Å². The van der Waals surface area contributed by atoms with Gasteiger partial charge in [-0.3, -0.25) is 20.4 Å². The highest BCUT2D eigenvalue weighted by molar-refractivity contribution is 5.98. The largest absolute Gasteiger partial charge is 0.357 e. The molecule has 7 heteroatoms. The van der Waals surface area contributed by atoms with Crippen LogP contribution < -0.4 is 10.9 Å². The number of hydrazine groups is 1. The molecule has 2 aromatic heterocycles. The summed E-state index contributed by atoms with van der Waals surface area (Å²) in [5.74, 6) is -0.803. The first kappa shape index (κ1) is 15.5. The Balaban J connectivity index is 1.66. The van der Waals surface area contributed by atoms with E-state index in [9.17, 15) is 9.59 Å². The van der Waals surface area contributed by atoms with Gasteiger partial charge in [0.2, 0.25) is 0 Å². The number of aromatic amines is 1. The Morgan fingerprint density at radius 2 is 1.75 bits per heavy atom. The topological polar surface area (TPSA) is 91.8 Å². The van der Waals surface area contributed by atoms with E-state index in [4.69, 9.17) is 0 Å². The van der Waals surface area contributed by atoms with Gasteiger partial charge >= 0.3 is 0 Å². The minimum absolute atomic E-state index is 0.371. The van der Waals surface area contributed by atoms with Crippen molar-refractivity contribution in [2.24, 2.45) is 0 Å². The molecule has 0 aliphatic heterocycles. The van der Waals surface area contributed by atoms with Crippen LogP contribution in [0.5, 0.6) is 0 Å². The highest BCUT2D eigenvalue weighted by Crippen LogP contribution is 2.13. The van der Waals surface area contributed by atoms with Crippen molar-refractivity contribution in [1.82, 2.24) is 25.6 Å². The van der Waals surface area contributed by atoms with E-state index in [0.717, 1.165) is 17.1 Å². The summed E-state index contributed by atoms with van der Waals surface area (Å²) in [5, 5.41) is 4.40. The van der Waals surface area contributed by atoms with Gasteiger partial charge in [0, 0.05) is 17.5 Å². The van der Waals surface area contributed by atoms with E-state index in [0.29, 0.717) is 11.3 Å². The number of rotatable bonds is 3. The number of benzene rings is 1. The van der Waals surface area contributed by atoms with Crippen molar-refractivity contribution in [3.63, 3.8) is 0 Å². The summed E-state index contributed by atoms with van der Waals surface area (Å²) >= 11 is 0. The molecule has 24 heavy (non-hydrogen) atoms. The van der Waals surface area contributed by atoms with Gasteiger partial charge in [-0.2, -0.15) is 5.10 Å². The lowest BCUT2D eigenvalue weighted by Gasteiger charge is -2.08. The molecule has 1 aromatic carbocycles. The Labute approximate surface area is 138 Å². The van der Waals surface area contributed by atoms with Crippen LogP contribution in [0.25, 0.3) is 5.69 Å². The van der Waals surface area contributed by atoms with Gasteiger partial charge in [0.1, 0.15) is 5.69 Å². The predicted molar refractivity (Wildman–Crippen MR) is 88.8 cm³/mol. The summed E-state index contributed by atoms with van der Waals surface area (Å²) in [7, 11) is 0. The van der Waals surface area contributed by atoms with Gasteiger partial charge in [0.15, 0.2) is 0 Å². The second-order valence-corrected chi connectivity index (χ2v) is 5.38. The molecule has 3 N–H and O–H groups in total. The molecule has 2 heterocycles. The highest BCUT2D eigenvalue weighted by atomic mass is 16.2. The zero-order chi connectivity index (χ0) is 17.1. The second-order valence-electron chi connectivity index (χ2n) is 5.38. The average molecular weight is 323 g/mol. The third-order valence-electron chi connectivity index (χ3n) is 3.52. The Morgan fingerprint density at radius 3 is 2.33 bits per heavy atom. The first-order chi connectivity index (χ1) is 11.5. The zero-order valence-electron chi connectivity index (χ0n) is 13.3. The quantitative estimate of drug-likeness (QED) is 0.643. The van der Waals surface area contributed by atoms with Gasteiger partial charge in [0.05, 0.1) is 11.4 Å². The molecule has 0 aliphatic rings. The lowest BCUT2D eigenvalue weighted by molar-refractivity contribution is 0.0844. The van der Waals surface area contributed by atoms with Gasteiger partial charge in [-0.15, -0.1) is 0 Å². The van der Waals surface area contributed by atoms with Gasteiger partial charge in [-0.25, -0.2) is 4.68 Å². The fraction of sp³-hybridized carbons (Fsp3) is 0.118. The van der Waals surface area contributed by atoms with Crippen LogP contribution in [0.4, 0.5) is 0 Å². The number of nitrogens with one attached hydrogen (secondary N) is 3. The van der Waals surface area contributed by atoms with Gasteiger partial charge in [0.25, 0.3) is 11.8 Å². The third kappa shape index (κ3) is 3.19. The van der Waals surface area contributed by atoms with Gasteiger partial charge < -0.3 is 4.98 Å². The van der Waals surface area contributed by atoms with Crippen molar-refractivity contribution in [2.75, 3.05) is 0 Å². The minimum atomic E-state index is -0.410. The first-order valence-electron chi connectivity index (χ1n) is 7.42. The minimum Gasteiger partial charge on any atom is -0.357 e. The molecule has 3 rings (SSSR count). The van der Waals surface area contributed by atoms with E-state index in [1.54, 1.807) is 42.6 Å². The summed E-state index contributed by atoms with van der Waals surface area (Å²) in [6, 6.07) is 12.3. The highest BCUT2D eigenvalue weighted by Gasteiger charge is 2.10. The van der Waals surface area contributed by atoms with E-state index in [1.165, 1.54) is 0 Å². The molecule has 0 radical (unpaired) electrons. The Bertz CT molecular complexity index is 863. The number of amides is 2. The molecule has 0 spiro atoms. The molecule has 0 saturated carbocycles. The number of carbonyl (C=O) groups is 2. The fourth-order valence-electron chi connectivity index (χ4n) is 2.37. The molecule has 0 fully saturated rings. The summed E-state index contributed by atoms with van der Waals surface area (Å²) < 4.78 is 1.81. The Hall–Kier alpha value is -3.35. The fourth-order valence-corrected chi connectivity index (χ4v) is 2.37. The van der Waals surface area contributed by atoms with Crippen molar-refractivity contribution in [3.8, 4) is 5.69 Å². The van der Waals surface area contributed by atoms with Crippen LogP contribution in [0, 0.1) is 13.8 Å². The molecule has 122 valence electrons. The Kier molecular flexibility index (Phi) is 4.15. The van der Waals surface area contributed by atoms with Gasteiger partial charge in [-0.05, 0) is 56.3 Å². The maximum atomic E-state index is 12.1. The van der Waals surface area contributed by atoms with Crippen molar-refractivity contribution in [2.45, 2.75) is 13.8 Å². The summed E-state index contributed by atoms with van der Waals surface area (Å²) in [5.41, 5.74) is 8.36. The molecule has 0 unspecified atom stereocenters. The number of hydrogen-bond donors (Lipinski definition) is 3. The maximum Gasteiger partial charge on any atom is 0.286 e. The smallest absolute Gasteiger partial charge is 0.286 e. The summed E-state index contributed by atoms with van der Waals surface area (Å²) in [6.07, 6.45) is 1.63. The molecular weight excluding hydrogens is 306 g/mol. The van der Waals surface area contributed by atoms with E-state index in [1.807, 2.05) is 24.6 Å².